The summed E-state index contributed by atoms with van der Waals surface area (Å²) in [5, 5.41) is 9.59. The van der Waals surface area contributed by atoms with Gasteiger partial charge in [-0.15, -0.1) is 0 Å². The highest BCUT2D eigenvalue weighted by atomic mass is 16.2. The number of aliphatic hydroxyl groups excluding tert-OH is 1. The first kappa shape index (κ1) is 24.3. The molecule has 32 heavy (non-hydrogen) atoms. The minimum Gasteiger partial charge on any atom is -0.396 e. The number of hydrogen-bond donors (Lipinski definition) is 1. The quantitative estimate of drug-likeness (QED) is 0.512. The fourth-order valence-electron chi connectivity index (χ4n) is 4.56. The van der Waals surface area contributed by atoms with Crippen molar-refractivity contribution in [3.05, 3.63) is 88.2 Å². The molecule has 1 heterocycles. The Morgan fingerprint density at radius 1 is 0.938 bits per heavy atom. The van der Waals surface area contributed by atoms with Crippen molar-refractivity contribution >= 4 is 5.57 Å². The summed E-state index contributed by atoms with van der Waals surface area (Å²) in [6.45, 7) is 11.3. The Labute approximate surface area is 195 Å². The molecular formula is C29H40N2O. The topological polar surface area (TPSA) is 26.7 Å². The average molecular weight is 433 g/mol. The maximum Gasteiger partial charge on any atom is 0.0434 e. The zero-order valence-electron chi connectivity index (χ0n) is 20.4. The molecule has 0 unspecified atom stereocenters. The molecular weight excluding hydrogens is 392 g/mol. The van der Waals surface area contributed by atoms with Crippen LogP contribution in [0.1, 0.15) is 52.0 Å². The number of benzene rings is 1. The van der Waals surface area contributed by atoms with Crippen LogP contribution in [0.15, 0.2) is 82.6 Å². The molecule has 2 aliphatic rings. The molecule has 1 N–H and O–H groups in total. The molecule has 0 spiro atoms. The van der Waals surface area contributed by atoms with E-state index in [2.05, 4.69) is 92.3 Å². The van der Waals surface area contributed by atoms with Crippen LogP contribution in [0, 0.1) is 0 Å². The highest BCUT2D eigenvalue weighted by Gasteiger charge is 2.21. The molecule has 0 atom stereocenters. The third-order valence-electron chi connectivity index (χ3n) is 6.43. The average Bonchev–Trinajstić information content (AvgIpc) is 2.81. The van der Waals surface area contributed by atoms with Crippen molar-refractivity contribution in [2.45, 2.75) is 46.5 Å². The fourth-order valence-corrected chi connectivity index (χ4v) is 4.56. The largest absolute Gasteiger partial charge is 0.396 e. The van der Waals surface area contributed by atoms with Crippen molar-refractivity contribution in [1.29, 1.82) is 0 Å². The Kier molecular flexibility index (Phi) is 9.13. The van der Waals surface area contributed by atoms with E-state index in [1.807, 2.05) is 0 Å². The van der Waals surface area contributed by atoms with Gasteiger partial charge in [-0.2, -0.15) is 0 Å². The lowest BCUT2D eigenvalue weighted by atomic mass is 9.83. The first-order valence-electron chi connectivity index (χ1n) is 12.0. The number of nitrogens with zero attached hydrogens (tertiary/aromatic N) is 2. The number of aliphatic hydroxyl groups is 1. The molecule has 1 saturated heterocycles. The summed E-state index contributed by atoms with van der Waals surface area (Å²) in [5.41, 5.74) is 9.45. The van der Waals surface area contributed by atoms with Gasteiger partial charge < -0.3 is 14.9 Å². The van der Waals surface area contributed by atoms with E-state index in [9.17, 15) is 5.11 Å². The Morgan fingerprint density at radius 2 is 1.66 bits per heavy atom. The van der Waals surface area contributed by atoms with E-state index < -0.39 is 0 Å². The number of rotatable bonds is 8. The number of piperazine rings is 1. The van der Waals surface area contributed by atoms with E-state index in [1.54, 1.807) is 0 Å². The van der Waals surface area contributed by atoms with E-state index in [4.69, 9.17) is 0 Å². The van der Waals surface area contributed by atoms with E-state index in [0.717, 1.165) is 51.9 Å². The number of likely N-dealkylation sites (N-methyl/N-ethyl adjacent to an activating group) is 1. The minimum atomic E-state index is 0.215. The molecule has 1 aliphatic heterocycles. The predicted octanol–water partition coefficient (Wildman–Crippen LogP) is 5.98. The van der Waals surface area contributed by atoms with Gasteiger partial charge in [-0.25, -0.2) is 0 Å². The van der Waals surface area contributed by atoms with Crippen molar-refractivity contribution in [2.75, 3.05) is 39.8 Å². The maximum absolute atomic E-state index is 9.59. The SMILES string of the molecule is CC(C)=C/C=C(C)/C(C1=CC=C(N2CCN(C)CC2)CC1)=C(\CCCO)c1ccccc1. The van der Waals surface area contributed by atoms with Gasteiger partial charge >= 0.3 is 0 Å². The molecule has 3 rings (SSSR count). The maximum atomic E-state index is 9.59. The molecule has 0 bridgehead atoms. The smallest absolute Gasteiger partial charge is 0.0434 e. The lowest BCUT2D eigenvalue weighted by molar-refractivity contribution is 0.182. The van der Waals surface area contributed by atoms with Crippen LogP contribution in [0.3, 0.4) is 0 Å². The first-order valence-corrected chi connectivity index (χ1v) is 12.0. The highest BCUT2D eigenvalue weighted by Crippen LogP contribution is 2.37. The summed E-state index contributed by atoms with van der Waals surface area (Å²) in [7, 11) is 2.21. The summed E-state index contributed by atoms with van der Waals surface area (Å²) < 4.78 is 0. The highest BCUT2D eigenvalue weighted by molar-refractivity contribution is 5.77. The second-order valence-electron chi connectivity index (χ2n) is 9.28. The van der Waals surface area contributed by atoms with Gasteiger partial charge in [0.25, 0.3) is 0 Å². The lowest BCUT2D eigenvalue weighted by Crippen LogP contribution is -2.44. The van der Waals surface area contributed by atoms with E-state index in [0.29, 0.717) is 0 Å². The second-order valence-corrected chi connectivity index (χ2v) is 9.28. The summed E-state index contributed by atoms with van der Waals surface area (Å²) in [4.78, 5) is 4.97. The van der Waals surface area contributed by atoms with Crippen molar-refractivity contribution in [2.24, 2.45) is 0 Å². The van der Waals surface area contributed by atoms with Gasteiger partial charge in [0.05, 0.1) is 0 Å². The second kappa shape index (κ2) is 12.0. The summed E-state index contributed by atoms with van der Waals surface area (Å²) in [6, 6.07) is 10.7. The molecule has 172 valence electrons. The van der Waals surface area contributed by atoms with Crippen molar-refractivity contribution in [1.82, 2.24) is 9.80 Å². The van der Waals surface area contributed by atoms with E-state index in [1.165, 1.54) is 39.1 Å². The van der Waals surface area contributed by atoms with Crippen LogP contribution >= 0.6 is 0 Å². The van der Waals surface area contributed by atoms with Crippen LogP contribution in [0.4, 0.5) is 0 Å². The monoisotopic (exact) mass is 432 g/mol. The van der Waals surface area contributed by atoms with Crippen molar-refractivity contribution in [3.8, 4) is 0 Å². The van der Waals surface area contributed by atoms with Crippen LogP contribution in [-0.4, -0.2) is 54.7 Å². The fraction of sp³-hybridized carbons (Fsp3) is 0.448. The third kappa shape index (κ3) is 6.57. The Hall–Kier alpha value is -2.36. The van der Waals surface area contributed by atoms with Gasteiger partial charge in [0, 0.05) is 38.5 Å². The molecule has 1 aromatic rings. The van der Waals surface area contributed by atoms with E-state index >= 15 is 0 Å². The third-order valence-corrected chi connectivity index (χ3v) is 6.43. The van der Waals surface area contributed by atoms with Crippen LogP contribution in [0.5, 0.6) is 0 Å². The van der Waals surface area contributed by atoms with Gasteiger partial charge in [-0.3, -0.25) is 0 Å². The molecule has 0 amide bonds. The minimum absolute atomic E-state index is 0.215. The summed E-state index contributed by atoms with van der Waals surface area (Å²) >= 11 is 0. The molecule has 3 heteroatoms. The lowest BCUT2D eigenvalue weighted by Gasteiger charge is -2.36. The van der Waals surface area contributed by atoms with Crippen LogP contribution in [-0.2, 0) is 0 Å². The normalized spacial score (nSPS) is 18.7. The standard InChI is InChI=1S/C29H40N2O/c1-23(2)12-13-24(3)29(28(11-8-22-32)25-9-6-5-7-10-25)26-14-16-27(17-15-26)31-20-18-30(4)19-21-31/h5-7,9-10,12-14,16,32H,8,11,15,17-22H2,1-4H3/b24-13+,29-28-. The van der Waals surface area contributed by atoms with Crippen LogP contribution < -0.4 is 0 Å². The Morgan fingerprint density at radius 3 is 2.25 bits per heavy atom. The zero-order valence-corrected chi connectivity index (χ0v) is 20.4. The van der Waals surface area contributed by atoms with E-state index in [-0.39, 0.29) is 6.61 Å². The Bertz CT molecular complexity index is 906. The number of allylic oxidation sites excluding steroid dienone is 10. The molecule has 3 nitrogen and oxygen atoms in total. The van der Waals surface area contributed by atoms with Crippen molar-refractivity contribution < 1.29 is 5.11 Å². The van der Waals surface area contributed by atoms with Gasteiger partial charge in [0.2, 0.25) is 0 Å². The van der Waals surface area contributed by atoms with Crippen LogP contribution in [0.2, 0.25) is 0 Å². The predicted molar refractivity (Wildman–Crippen MR) is 137 cm³/mol. The van der Waals surface area contributed by atoms with Crippen LogP contribution in [0.25, 0.3) is 5.57 Å². The van der Waals surface area contributed by atoms with Gasteiger partial charge in [-0.05, 0) is 87.4 Å². The summed E-state index contributed by atoms with van der Waals surface area (Å²) in [6.07, 6.45) is 13.0. The van der Waals surface area contributed by atoms with Gasteiger partial charge in [-0.1, -0.05) is 54.1 Å². The molecule has 0 saturated carbocycles. The van der Waals surface area contributed by atoms with Gasteiger partial charge in [0.1, 0.15) is 0 Å². The van der Waals surface area contributed by atoms with Crippen molar-refractivity contribution in [3.63, 3.8) is 0 Å². The zero-order chi connectivity index (χ0) is 22.9. The Balaban J connectivity index is 2.03. The molecule has 0 aromatic heterocycles. The molecule has 0 radical (unpaired) electrons. The first-order chi connectivity index (χ1) is 15.5. The van der Waals surface area contributed by atoms with Gasteiger partial charge in [0.15, 0.2) is 0 Å². The molecule has 1 aromatic carbocycles. The molecule has 1 aliphatic carbocycles. The number of hydrogen-bond acceptors (Lipinski definition) is 3. The summed E-state index contributed by atoms with van der Waals surface area (Å²) in [5.74, 6) is 0. The molecule has 1 fully saturated rings.